The number of rotatable bonds is 2. The first-order chi connectivity index (χ1) is 8.73. The second-order valence-corrected chi connectivity index (χ2v) is 5.13. The number of methoxy groups -OCH3 is 1. The molecule has 4 heteroatoms. The fraction of sp³-hybridized carbons (Fsp3) is 0.571. The lowest BCUT2D eigenvalue weighted by atomic mass is 9.88. The largest absolute Gasteiger partial charge is 0.496 e. The molecule has 0 spiro atoms. The van der Waals surface area contributed by atoms with Crippen molar-refractivity contribution in [3.05, 3.63) is 23.3 Å². The van der Waals surface area contributed by atoms with E-state index in [1.807, 2.05) is 6.07 Å². The van der Waals surface area contributed by atoms with E-state index in [9.17, 15) is 0 Å². The monoisotopic (exact) mass is 249 g/mol. The maximum Gasteiger partial charge on any atom is 0.189 e. The first kappa shape index (κ1) is 11.8. The Labute approximate surface area is 107 Å². The predicted octanol–water partition coefficient (Wildman–Crippen LogP) is 2.16. The molecule has 98 valence electrons. The van der Waals surface area contributed by atoms with Gasteiger partial charge < -0.3 is 19.5 Å². The second kappa shape index (κ2) is 4.44. The molecule has 1 aromatic rings. The van der Waals surface area contributed by atoms with E-state index in [1.54, 1.807) is 7.11 Å². The van der Waals surface area contributed by atoms with Crippen molar-refractivity contribution in [3.63, 3.8) is 0 Å². The van der Waals surface area contributed by atoms with Gasteiger partial charge in [-0.15, -0.1) is 0 Å². The Hall–Kier alpha value is -1.26. The van der Waals surface area contributed by atoms with Gasteiger partial charge >= 0.3 is 0 Å². The zero-order valence-corrected chi connectivity index (χ0v) is 10.9. The van der Waals surface area contributed by atoms with Gasteiger partial charge in [0.15, 0.2) is 6.79 Å². The minimum Gasteiger partial charge on any atom is -0.496 e. The minimum atomic E-state index is -0.0119. The van der Waals surface area contributed by atoms with Gasteiger partial charge in [-0.3, -0.25) is 0 Å². The van der Waals surface area contributed by atoms with Crippen molar-refractivity contribution in [2.45, 2.75) is 31.9 Å². The highest BCUT2D eigenvalue weighted by Gasteiger charge is 2.34. The lowest BCUT2D eigenvalue weighted by molar-refractivity contribution is -0.0166. The van der Waals surface area contributed by atoms with Crippen LogP contribution in [-0.2, 0) is 16.9 Å². The van der Waals surface area contributed by atoms with E-state index in [2.05, 4.69) is 18.3 Å². The third-order valence-corrected chi connectivity index (χ3v) is 3.90. The number of hydrogen-bond acceptors (Lipinski definition) is 4. The predicted molar refractivity (Wildman–Crippen MR) is 67.9 cm³/mol. The molecule has 2 aliphatic rings. The van der Waals surface area contributed by atoms with Crippen LogP contribution in [0.25, 0.3) is 0 Å². The van der Waals surface area contributed by atoms with Gasteiger partial charge in [-0.1, -0.05) is 0 Å². The number of hydrogen-bond donors (Lipinski definition) is 1. The average molecular weight is 249 g/mol. The molecule has 18 heavy (non-hydrogen) atoms. The Bertz CT molecular complexity index is 453. The van der Waals surface area contributed by atoms with Crippen LogP contribution < -0.4 is 14.8 Å². The maximum atomic E-state index is 5.56. The zero-order chi connectivity index (χ0) is 12.6. The highest BCUT2D eigenvalue weighted by Crippen LogP contribution is 2.40. The first-order valence-electron chi connectivity index (χ1n) is 6.40. The first-order valence-corrected chi connectivity index (χ1v) is 6.40. The molecule has 1 unspecified atom stereocenters. The molecule has 0 amide bonds. The Morgan fingerprint density at radius 2 is 2.28 bits per heavy atom. The molecule has 3 rings (SSSR count). The third-order valence-electron chi connectivity index (χ3n) is 3.90. The minimum absolute atomic E-state index is 0.0119. The Morgan fingerprint density at radius 3 is 3.00 bits per heavy atom. The normalized spacial score (nSPS) is 26.6. The molecule has 1 N–H and O–H groups in total. The summed E-state index contributed by atoms with van der Waals surface area (Å²) >= 11 is 0. The summed E-state index contributed by atoms with van der Waals surface area (Å²) in [5.74, 6) is 1.84. The molecule has 1 saturated heterocycles. The fourth-order valence-corrected chi connectivity index (χ4v) is 2.83. The van der Waals surface area contributed by atoms with Gasteiger partial charge in [0.05, 0.1) is 13.7 Å². The van der Waals surface area contributed by atoms with Gasteiger partial charge in [-0.25, -0.2) is 0 Å². The van der Waals surface area contributed by atoms with Gasteiger partial charge in [-0.2, -0.15) is 0 Å². The third kappa shape index (κ3) is 1.85. The summed E-state index contributed by atoms with van der Waals surface area (Å²) in [5.41, 5.74) is 2.23. The van der Waals surface area contributed by atoms with Crippen molar-refractivity contribution < 1.29 is 14.2 Å². The standard InChI is InChI=1S/C14H19NO3/c1-14(4-3-5-15-14)11-7-12-10(6-13(11)16-2)8-17-9-18-12/h6-7,15H,3-5,8-9H2,1-2H3. The summed E-state index contributed by atoms with van der Waals surface area (Å²) in [4.78, 5) is 0. The van der Waals surface area contributed by atoms with Gasteiger partial charge in [0, 0.05) is 16.7 Å². The van der Waals surface area contributed by atoms with E-state index in [1.165, 1.54) is 12.0 Å². The Morgan fingerprint density at radius 1 is 1.39 bits per heavy atom. The summed E-state index contributed by atoms with van der Waals surface area (Å²) in [5, 5.41) is 3.56. The summed E-state index contributed by atoms with van der Waals surface area (Å²) in [6, 6.07) is 4.14. The van der Waals surface area contributed by atoms with Crippen LogP contribution in [0.4, 0.5) is 0 Å². The lowest BCUT2D eigenvalue weighted by Crippen LogP contribution is -2.33. The molecule has 1 aromatic carbocycles. The molecule has 0 aliphatic carbocycles. The van der Waals surface area contributed by atoms with E-state index in [4.69, 9.17) is 14.2 Å². The van der Waals surface area contributed by atoms with Crippen molar-refractivity contribution in [3.8, 4) is 11.5 Å². The average Bonchev–Trinajstić information content (AvgIpc) is 2.85. The van der Waals surface area contributed by atoms with Gasteiger partial charge in [0.2, 0.25) is 0 Å². The maximum absolute atomic E-state index is 5.56. The van der Waals surface area contributed by atoms with Crippen molar-refractivity contribution in [2.75, 3.05) is 20.4 Å². The molecule has 4 nitrogen and oxygen atoms in total. The van der Waals surface area contributed by atoms with Gasteiger partial charge in [0.1, 0.15) is 11.5 Å². The molecule has 1 fully saturated rings. The molecule has 2 aliphatic heterocycles. The number of nitrogens with one attached hydrogen (secondary N) is 1. The van der Waals surface area contributed by atoms with E-state index < -0.39 is 0 Å². The van der Waals surface area contributed by atoms with Crippen LogP contribution in [0.1, 0.15) is 30.9 Å². The van der Waals surface area contributed by atoms with E-state index in [0.29, 0.717) is 13.4 Å². The van der Waals surface area contributed by atoms with Crippen molar-refractivity contribution >= 4 is 0 Å². The van der Waals surface area contributed by atoms with Crippen LogP contribution in [-0.4, -0.2) is 20.4 Å². The number of ether oxygens (including phenoxy) is 3. The van der Waals surface area contributed by atoms with Crippen LogP contribution in [0.2, 0.25) is 0 Å². The second-order valence-electron chi connectivity index (χ2n) is 5.13. The molecule has 0 saturated carbocycles. The quantitative estimate of drug-likeness (QED) is 0.872. The smallest absolute Gasteiger partial charge is 0.189 e. The van der Waals surface area contributed by atoms with Gasteiger partial charge in [-0.05, 0) is 38.4 Å². The summed E-state index contributed by atoms with van der Waals surface area (Å²) in [7, 11) is 1.72. The number of benzene rings is 1. The van der Waals surface area contributed by atoms with Crippen LogP contribution >= 0.6 is 0 Å². The molecular weight excluding hydrogens is 230 g/mol. The SMILES string of the molecule is COc1cc2c(cc1C1(C)CCCN1)OCOC2. The van der Waals surface area contributed by atoms with Crippen molar-refractivity contribution in [1.82, 2.24) is 5.32 Å². The summed E-state index contributed by atoms with van der Waals surface area (Å²) in [6.45, 7) is 4.21. The molecule has 0 radical (unpaired) electrons. The molecule has 0 aromatic heterocycles. The van der Waals surface area contributed by atoms with Crippen LogP contribution in [0.15, 0.2) is 12.1 Å². The van der Waals surface area contributed by atoms with Gasteiger partial charge in [0.25, 0.3) is 0 Å². The topological polar surface area (TPSA) is 39.7 Å². The molecule has 1 atom stereocenters. The highest BCUT2D eigenvalue weighted by molar-refractivity contribution is 5.50. The molecule has 0 bridgehead atoms. The number of fused-ring (bicyclic) bond motifs is 1. The Balaban J connectivity index is 2.07. The van der Waals surface area contributed by atoms with Crippen LogP contribution in [0.5, 0.6) is 11.5 Å². The van der Waals surface area contributed by atoms with E-state index in [-0.39, 0.29) is 5.54 Å². The summed E-state index contributed by atoms with van der Waals surface area (Å²) in [6.07, 6.45) is 2.32. The van der Waals surface area contributed by atoms with E-state index >= 15 is 0 Å². The lowest BCUT2D eigenvalue weighted by Gasteiger charge is -2.29. The fourth-order valence-electron chi connectivity index (χ4n) is 2.83. The van der Waals surface area contributed by atoms with Crippen molar-refractivity contribution in [1.29, 1.82) is 0 Å². The Kier molecular flexibility index (Phi) is 2.92. The van der Waals surface area contributed by atoms with Crippen molar-refractivity contribution in [2.24, 2.45) is 0 Å². The zero-order valence-electron chi connectivity index (χ0n) is 10.9. The summed E-state index contributed by atoms with van der Waals surface area (Å²) < 4.78 is 16.4. The molecular formula is C14H19NO3. The van der Waals surface area contributed by atoms with Crippen LogP contribution in [0.3, 0.4) is 0 Å². The molecule has 2 heterocycles. The highest BCUT2D eigenvalue weighted by atomic mass is 16.7. The van der Waals surface area contributed by atoms with Crippen LogP contribution in [0, 0.1) is 0 Å². The van der Waals surface area contributed by atoms with E-state index in [0.717, 1.165) is 30.0 Å².